The minimum Gasteiger partial charge on any atom is -0.480 e. The minimum absolute atomic E-state index is 0.00938. The van der Waals surface area contributed by atoms with E-state index in [-0.39, 0.29) is 145 Å². The van der Waals surface area contributed by atoms with Crippen LogP contribution >= 0.6 is 0 Å². The van der Waals surface area contributed by atoms with Gasteiger partial charge in [0.05, 0.1) is 6.10 Å². The van der Waals surface area contributed by atoms with Gasteiger partial charge in [0.25, 0.3) is 0 Å². The van der Waals surface area contributed by atoms with Crippen LogP contribution in [-0.4, -0.2) is 174 Å². The average molecular weight is 1310 g/mol. The van der Waals surface area contributed by atoms with Crippen molar-refractivity contribution in [1.29, 1.82) is 0 Å². The number of nitrogens with one attached hydrogen (secondary N) is 8. The van der Waals surface area contributed by atoms with Crippen molar-refractivity contribution in [2.24, 2.45) is 83.4 Å². The zero-order chi connectivity index (χ0) is 69.6. The Bertz CT molecular complexity index is 2320. The van der Waals surface area contributed by atoms with Crippen LogP contribution in [0.15, 0.2) is 20.0 Å². The van der Waals surface area contributed by atoms with Gasteiger partial charge in [0.1, 0.15) is 48.3 Å². The molecule has 32 nitrogen and oxygen atoms in total. The lowest BCUT2D eigenvalue weighted by molar-refractivity contribution is -0.143. The first-order valence-electron chi connectivity index (χ1n) is 32.8. The van der Waals surface area contributed by atoms with Crippen LogP contribution in [0.1, 0.15) is 202 Å². The number of aliphatic hydroxyl groups is 1. The number of unbranched alkanes of at least 4 members (excludes halogenated alkanes) is 11. The molecule has 0 fully saturated rings. The number of aliphatic imine (C=N–C) groups is 4. The van der Waals surface area contributed by atoms with Crippen molar-refractivity contribution in [3.8, 4) is 0 Å². The molecule has 0 spiro atoms. The lowest BCUT2D eigenvalue weighted by Gasteiger charge is -2.29. The Labute approximate surface area is 543 Å². The molecule has 0 aromatic heterocycles. The van der Waals surface area contributed by atoms with E-state index in [9.17, 15) is 53.4 Å². The van der Waals surface area contributed by atoms with Crippen LogP contribution in [0.3, 0.4) is 0 Å². The number of carbonyl (C=O) groups is 9. The number of hydrogen-bond acceptors (Lipinski definition) is 15. The lowest BCUT2D eigenvalue weighted by atomic mass is 10.0. The third-order valence-electron chi connectivity index (χ3n) is 14.6. The summed E-state index contributed by atoms with van der Waals surface area (Å²) >= 11 is 0. The number of nitrogens with two attached hydrogens (primary N) is 9. The Morgan fingerprint density at radius 2 is 0.652 bits per heavy atom. The standard InChI is InChI=1S/C60H117N21O11/c1-7-8-9-10-11-12-13-14-15-16-17-29-47(83)74-40(25-20-31-70-57(62)63)49(84)75-41(24-18-19-30-61)50(85)77-44(28-23-34-73-60(68)69)53(88)81-48(39(6)82)55(90)79-45(35-37(2)3)54(89)78-42(26-21-32-71-58(64)65)51(86)76-43(27-22-33-72-59(66)67)52(87)80-46(56(91)92)36-38(4)5/h37-46,48,82H,7-36,61H2,1-6H3,(H,74,83)(H,75,84)(H,76,86)(H,77,85)(H,78,89)(H,79,90)(H,80,87)(H,81,88)(H,91,92)(H4,62,63,70)(H4,64,65,71)(H4,66,67,72)(H4,68,69,73)/t39-,40+,41+,42+,43+,44+,45+,46+,48+/m1/s1. The van der Waals surface area contributed by atoms with Crippen LogP contribution in [0.2, 0.25) is 0 Å². The molecule has 32 heteroatoms. The number of rotatable bonds is 53. The monoisotopic (exact) mass is 1310 g/mol. The fourth-order valence-corrected chi connectivity index (χ4v) is 9.75. The second-order valence-corrected chi connectivity index (χ2v) is 24.2. The molecule has 92 heavy (non-hydrogen) atoms. The van der Waals surface area contributed by atoms with Crippen LogP contribution in [0.25, 0.3) is 0 Å². The molecule has 8 amide bonds. The first-order chi connectivity index (χ1) is 43.5. The van der Waals surface area contributed by atoms with Crippen molar-refractivity contribution in [2.45, 2.75) is 257 Å². The molecule has 0 aromatic carbocycles. The first-order valence-corrected chi connectivity index (χ1v) is 32.8. The quantitative estimate of drug-likeness (QED) is 0.0187. The predicted molar refractivity (Wildman–Crippen MR) is 357 cm³/mol. The lowest BCUT2D eigenvalue weighted by Crippen LogP contribution is -2.62. The molecule has 0 aliphatic heterocycles. The zero-order valence-corrected chi connectivity index (χ0v) is 55.6. The van der Waals surface area contributed by atoms with Crippen LogP contribution in [-0.2, 0) is 43.2 Å². The van der Waals surface area contributed by atoms with E-state index in [1.54, 1.807) is 27.7 Å². The number of carboxylic acids is 1. The van der Waals surface area contributed by atoms with Gasteiger partial charge in [0.15, 0.2) is 23.8 Å². The van der Waals surface area contributed by atoms with Gasteiger partial charge in [-0.1, -0.05) is 98.8 Å². The van der Waals surface area contributed by atoms with E-state index in [0.717, 1.165) is 25.7 Å². The third-order valence-corrected chi connectivity index (χ3v) is 14.6. The van der Waals surface area contributed by atoms with Gasteiger partial charge in [-0.05, 0) is 115 Å². The summed E-state index contributed by atoms with van der Waals surface area (Å²) in [6.07, 6.45) is 12.0. The predicted octanol–water partition coefficient (Wildman–Crippen LogP) is -1.53. The number of nitrogens with zero attached hydrogens (tertiary/aromatic N) is 4. The number of aliphatic carboxylic acids is 1. The fraction of sp³-hybridized carbons (Fsp3) is 0.783. The Kier molecular flexibility index (Phi) is 45.7. The van der Waals surface area contributed by atoms with Gasteiger partial charge in [-0.2, -0.15) is 0 Å². The Morgan fingerprint density at radius 1 is 0.359 bits per heavy atom. The van der Waals surface area contributed by atoms with Gasteiger partial charge in [-0.25, -0.2) is 4.79 Å². The fourth-order valence-electron chi connectivity index (χ4n) is 9.75. The van der Waals surface area contributed by atoms with Gasteiger partial charge in [-0.3, -0.25) is 58.3 Å². The normalized spacial score (nSPS) is 14.0. The van der Waals surface area contributed by atoms with Crippen molar-refractivity contribution < 1.29 is 53.4 Å². The van der Waals surface area contributed by atoms with Gasteiger partial charge in [-0.15, -0.1) is 0 Å². The molecule has 0 aromatic rings. The van der Waals surface area contributed by atoms with E-state index in [2.05, 4.69) is 69.4 Å². The van der Waals surface area contributed by atoms with E-state index in [1.165, 1.54) is 45.4 Å². The molecule has 0 aliphatic rings. The van der Waals surface area contributed by atoms with Gasteiger partial charge in [0, 0.05) is 32.6 Å². The molecule has 0 rings (SSSR count). The van der Waals surface area contributed by atoms with Gasteiger partial charge >= 0.3 is 5.97 Å². The zero-order valence-electron chi connectivity index (χ0n) is 55.6. The summed E-state index contributed by atoms with van der Waals surface area (Å²) < 4.78 is 0. The SMILES string of the molecule is CCCCCCCCCCCCCC(=O)N[C@@H](CCCN=C(N)N)C(=O)N[C@@H](CCCCN)C(=O)N[C@@H](CCCN=C(N)N)C(=O)N[C@H](C(=O)N[C@@H](CC(C)C)C(=O)N[C@@H](CCCN=C(N)N)C(=O)N[C@@H](CCCN=C(N)N)C(=O)N[C@@H](CC(C)C)C(=O)O)[C@@H](C)O. The summed E-state index contributed by atoms with van der Waals surface area (Å²) in [5.41, 5.74) is 50.1. The summed E-state index contributed by atoms with van der Waals surface area (Å²) in [5, 5.41) is 42.2. The Morgan fingerprint density at radius 3 is 0.978 bits per heavy atom. The number of carboxylic acid groups (broad SMARTS) is 1. The van der Waals surface area contributed by atoms with Crippen LogP contribution in [0, 0.1) is 11.8 Å². The molecule has 0 aliphatic carbocycles. The second-order valence-electron chi connectivity index (χ2n) is 24.2. The van der Waals surface area contributed by atoms with Crippen LogP contribution in [0.4, 0.5) is 0 Å². The van der Waals surface area contributed by atoms with Crippen molar-refractivity contribution in [2.75, 3.05) is 32.7 Å². The van der Waals surface area contributed by atoms with E-state index in [1.807, 2.05) is 0 Å². The average Bonchev–Trinajstić information content (AvgIpc) is 1.22. The first kappa shape index (κ1) is 84.2. The number of guanidine groups is 4. The van der Waals surface area contributed by atoms with E-state index in [4.69, 9.17) is 51.6 Å². The maximum Gasteiger partial charge on any atom is 0.326 e. The Hall–Kier alpha value is -7.77. The van der Waals surface area contributed by atoms with Crippen molar-refractivity contribution in [3.63, 3.8) is 0 Å². The van der Waals surface area contributed by atoms with E-state index < -0.39 is 102 Å². The highest BCUT2D eigenvalue weighted by Crippen LogP contribution is 2.15. The summed E-state index contributed by atoms with van der Waals surface area (Å²) in [6, 6.07) is -11.1. The van der Waals surface area contributed by atoms with E-state index >= 15 is 0 Å². The summed E-state index contributed by atoms with van der Waals surface area (Å²) in [6.45, 7) is 11.0. The van der Waals surface area contributed by atoms with Crippen molar-refractivity contribution in [1.82, 2.24) is 42.5 Å². The smallest absolute Gasteiger partial charge is 0.326 e. The number of carbonyl (C=O) groups excluding carboxylic acids is 8. The Balaban J connectivity index is 6.93. The number of aliphatic hydroxyl groups excluding tert-OH is 1. The third kappa shape index (κ3) is 41.6. The molecule has 0 radical (unpaired) electrons. The molecule has 28 N–H and O–H groups in total. The highest BCUT2D eigenvalue weighted by molar-refractivity contribution is 5.98. The van der Waals surface area contributed by atoms with Gasteiger partial charge in [0.2, 0.25) is 47.3 Å². The molecule has 0 saturated heterocycles. The molecule has 0 unspecified atom stereocenters. The largest absolute Gasteiger partial charge is 0.480 e. The molecular formula is C60H117N21O11. The van der Waals surface area contributed by atoms with Crippen molar-refractivity contribution in [3.05, 3.63) is 0 Å². The molecular weight excluding hydrogens is 1190 g/mol. The molecule has 9 atom stereocenters. The highest BCUT2D eigenvalue weighted by atomic mass is 16.4. The van der Waals surface area contributed by atoms with E-state index in [0.29, 0.717) is 25.7 Å². The summed E-state index contributed by atoms with van der Waals surface area (Å²) in [7, 11) is 0. The molecule has 0 bridgehead atoms. The van der Waals surface area contributed by atoms with Gasteiger partial charge < -0.3 is 104 Å². The number of amides is 8. The minimum atomic E-state index is -1.77. The molecule has 0 heterocycles. The maximum atomic E-state index is 14.4. The molecule has 528 valence electrons. The second kappa shape index (κ2) is 49.9. The maximum absolute atomic E-state index is 14.4. The summed E-state index contributed by atoms with van der Waals surface area (Å²) in [4.78, 5) is 141. The topological polar surface area (TPSA) is 574 Å². The molecule has 0 saturated carbocycles. The van der Waals surface area contributed by atoms with Crippen molar-refractivity contribution >= 4 is 77.1 Å². The summed E-state index contributed by atoms with van der Waals surface area (Å²) in [5.74, 6) is -8.96. The number of hydrogen-bond donors (Lipinski definition) is 19. The highest BCUT2D eigenvalue weighted by Gasteiger charge is 2.36. The van der Waals surface area contributed by atoms with Crippen LogP contribution < -0.4 is 94.1 Å². The van der Waals surface area contributed by atoms with Crippen LogP contribution in [0.5, 0.6) is 0 Å².